The van der Waals surface area contributed by atoms with Gasteiger partial charge < -0.3 is 14.6 Å². The Morgan fingerprint density at radius 2 is 1.82 bits per heavy atom. The van der Waals surface area contributed by atoms with Crippen molar-refractivity contribution in [3.8, 4) is 17.1 Å². The standard InChI is InChI=1S/C23H24N8O2/c32-22(15-31-28-20(25-29-31)16-33-19-7-3-1-4-8-19)24-18-12-10-17(11-13-18)23-27-26-21-9-5-2-6-14-30(21)23/h1,3-4,7-8,10-13H,2,5-6,9,14-16H2,(H,24,32). The third-order valence-electron chi connectivity index (χ3n) is 5.43. The van der Waals surface area contributed by atoms with Crippen LogP contribution in [-0.4, -0.2) is 40.9 Å². The van der Waals surface area contributed by atoms with Gasteiger partial charge in [0.15, 0.2) is 12.4 Å². The first kappa shape index (κ1) is 20.8. The molecule has 1 aliphatic heterocycles. The zero-order chi connectivity index (χ0) is 22.5. The van der Waals surface area contributed by atoms with Crippen molar-refractivity contribution < 1.29 is 9.53 Å². The Morgan fingerprint density at radius 3 is 2.67 bits per heavy atom. The number of rotatable bonds is 7. The first-order valence-electron chi connectivity index (χ1n) is 11.0. The number of nitrogens with one attached hydrogen (secondary N) is 1. The van der Waals surface area contributed by atoms with Crippen LogP contribution in [0.4, 0.5) is 5.69 Å². The molecular weight excluding hydrogens is 420 g/mol. The number of fused-ring (bicyclic) bond motifs is 1. The van der Waals surface area contributed by atoms with Gasteiger partial charge in [0.25, 0.3) is 0 Å². The fraction of sp³-hybridized carbons (Fsp3) is 0.304. The quantitative estimate of drug-likeness (QED) is 0.466. The molecule has 10 nitrogen and oxygen atoms in total. The highest BCUT2D eigenvalue weighted by Gasteiger charge is 2.16. The first-order valence-corrected chi connectivity index (χ1v) is 11.0. The van der Waals surface area contributed by atoms with Gasteiger partial charge in [-0.05, 0) is 54.5 Å². The number of tetrazole rings is 1. The molecular formula is C23H24N8O2. The highest BCUT2D eigenvalue weighted by atomic mass is 16.5. The van der Waals surface area contributed by atoms with Crippen LogP contribution in [0, 0.1) is 0 Å². The molecule has 0 radical (unpaired) electrons. The second-order valence-corrected chi connectivity index (χ2v) is 7.87. The summed E-state index contributed by atoms with van der Waals surface area (Å²) < 4.78 is 7.80. The van der Waals surface area contributed by atoms with Crippen LogP contribution in [0.1, 0.15) is 30.9 Å². The SMILES string of the molecule is O=C(Cn1nnc(COc2ccccc2)n1)Nc1ccc(-c2nnc3n2CCCCC3)cc1. The van der Waals surface area contributed by atoms with Crippen molar-refractivity contribution in [1.82, 2.24) is 35.0 Å². The highest BCUT2D eigenvalue weighted by molar-refractivity contribution is 5.90. The predicted octanol–water partition coefficient (Wildman–Crippen LogP) is 2.88. The third kappa shape index (κ3) is 5.05. The van der Waals surface area contributed by atoms with E-state index >= 15 is 0 Å². The van der Waals surface area contributed by atoms with E-state index in [0.717, 1.165) is 48.8 Å². The van der Waals surface area contributed by atoms with Gasteiger partial charge in [-0.3, -0.25) is 4.79 Å². The summed E-state index contributed by atoms with van der Waals surface area (Å²) in [7, 11) is 0. The van der Waals surface area contributed by atoms with Crippen LogP contribution in [0.3, 0.4) is 0 Å². The number of nitrogens with zero attached hydrogens (tertiary/aromatic N) is 7. The lowest BCUT2D eigenvalue weighted by molar-refractivity contribution is -0.117. The van der Waals surface area contributed by atoms with E-state index in [-0.39, 0.29) is 19.1 Å². The van der Waals surface area contributed by atoms with Gasteiger partial charge in [0.2, 0.25) is 11.7 Å². The topological polar surface area (TPSA) is 113 Å². The second kappa shape index (κ2) is 9.60. The highest BCUT2D eigenvalue weighted by Crippen LogP contribution is 2.24. The van der Waals surface area contributed by atoms with Gasteiger partial charge >= 0.3 is 0 Å². The normalized spacial score (nSPS) is 13.2. The molecule has 1 N–H and O–H groups in total. The number of para-hydroxylation sites is 1. The summed E-state index contributed by atoms with van der Waals surface area (Å²) in [5.74, 6) is 2.81. The Balaban J connectivity index is 1.16. The lowest BCUT2D eigenvalue weighted by atomic mass is 10.2. The molecule has 0 aliphatic carbocycles. The van der Waals surface area contributed by atoms with Crippen molar-refractivity contribution >= 4 is 11.6 Å². The number of benzene rings is 2. The van der Waals surface area contributed by atoms with Crippen molar-refractivity contribution in [3.63, 3.8) is 0 Å². The van der Waals surface area contributed by atoms with Gasteiger partial charge in [0.05, 0.1) is 0 Å². The molecule has 0 unspecified atom stereocenters. The molecule has 0 fully saturated rings. The van der Waals surface area contributed by atoms with Crippen molar-refractivity contribution in [1.29, 1.82) is 0 Å². The lowest BCUT2D eigenvalue weighted by Crippen LogP contribution is -2.20. The van der Waals surface area contributed by atoms with Crippen LogP contribution in [0.2, 0.25) is 0 Å². The molecule has 168 valence electrons. The van der Waals surface area contributed by atoms with E-state index in [9.17, 15) is 4.79 Å². The summed E-state index contributed by atoms with van der Waals surface area (Å²) in [5.41, 5.74) is 1.67. The Kier molecular flexibility index (Phi) is 6.05. The number of aromatic nitrogens is 7. The summed E-state index contributed by atoms with van der Waals surface area (Å²) in [6, 6.07) is 17.0. The van der Waals surface area contributed by atoms with E-state index in [1.54, 1.807) is 0 Å². The van der Waals surface area contributed by atoms with Crippen molar-refractivity contribution in [2.75, 3.05) is 5.32 Å². The number of aryl methyl sites for hydroxylation is 1. The Labute approximate surface area is 190 Å². The van der Waals surface area contributed by atoms with Gasteiger partial charge in [0.1, 0.15) is 18.1 Å². The Morgan fingerprint density at radius 1 is 0.970 bits per heavy atom. The van der Waals surface area contributed by atoms with Gasteiger partial charge in [-0.15, -0.1) is 20.4 Å². The van der Waals surface area contributed by atoms with Crippen molar-refractivity contribution in [2.24, 2.45) is 0 Å². The van der Waals surface area contributed by atoms with E-state index in [0.29, 0.717) is 11.5 Å². The molecule has 2 aromatic carbocycles. The molecule has 0 saturated heterocycles. The van der Waals surface area contributed by atoms with Gasteiger partial charge in [-0.2, -0.15) is 4.80 Å². The molecule has 0 saturated carbocycles. The Hall–Kier alpha value is -4.08. The molecule has 10 heteroatoms. The maximum Gasteiger partial charge on any atom is 0.248 e. The van der Waals surface area contributed by atoms with Crippen LogP contribution in [0.25, 0.3) is 11.4 Å². The molecule has 33 heavy (non-hydrogen) atoms. The monoisotopic (exact) mass is 444 g/mol. The predicted molar refractivity (Wildman–Crippen MR) is 120 cm³/mol. The third-order valence-corrected chi connectivity index (χ3v) is 5.43. The van der Waals surface area contributed by atoms with E-state index in [1.807, 2.05) is 54.6 Å². The number of carbonyl (C=O) groups is 1. The average molecular weight is 444 g/mol. The van der Waals surface area contributed by atoms with E-state index < -0.39 is 0 Å². The van der Waals surface area contributed by atoms with E-state index in [4.69, 9.17) is 4.74 Å². The van der Waals surface area contributed by atoms with E-state index in [1.165, 1.54) is 11.2 Å². The van der Waals surface area contributed by atoms with Crippen LogP contribution in [-0.2, 0) is 30.9 Å². The maximum atomic E-state index is 12.4. The molecule has 5 rings (SSSR count). The number of hydrogen-bond donors (Lipinski definition) is 1. The van der Waals surface area contributed by atoms with Crippen LogP contribution in [0.5, 0.6) is 5.75 Å². The molecule has 0 spiro atoms. The van der Waals surface area contributed by atoms with Gasteiger partial charge in [-0.25, -0.2) is 0 Å². The van der Waals surface area contributed by atoms with Gasteiger partial charge in [-0.1, -0.05) is 24.6 Å². The molecule has 3 heterocycles. The Bertz CT molecular complexity index is 1220. The minimum absolute atomic E-state index is 0.0439. The summed E-state index contributed by atoms with van der Waals surface area (Å²) in [6.07, 6.45) is 4.49. The number of carbonyl (C=O) groups excluding carboxylic acids is 1. The number of anilines is 1. The zero-order valence-corrected chi connectivity index (χ0v) is 18.1. The smallest absolute Gasteiger partial charge is 0.248 e. The fourth-order valence-corrected chi connectivity index (χ4v) is 3.80. The molecule has 4 aromatic rings. The number of hydrogen-bond acceptors (Lipinski definition) is 7. The van der Waals surface area contributed by atoms with Gasteiger partial charge in [0, 0.05) is 24.2 Å². The van der Waals surface area contributed by atoms with Crippen molar-refractivity contribution in [2.45, 2.75) is 45.4 Å². The van der Waals surface area contributed by atoms with Crippen molar-refractivity contribution in [3.05, 3.63) is 66.2 Å². The fourth-order valence-electron chi connectivity index (χ4n) is 3.80. The van der Waals surface area contributed by atoms with Crippen LogP contribution in [0.15, 0.2) is 54.6 Å². The summed E-state index contributed by atoms with van der Waals surface area (Å²) in [5, 5.41) is 23.6. The van der Waals surface area contributed by atoms with Crippen LogP contribution >= 0.6 is 0 Å². The molecule has 0 atom stereocenters. The summed E-state index contributed by atoms with van der Waals surface area (Å²) >= 11 is 0. The minimum Gasteiger partial charge on any atom is -0.485 e. The molecule has 2 aromatic heterocycles. The average Bonchev–Trinajstić information content (AvgIpc) is 3.38. The second-order valence-electron chi connectivity index (χ2n) is 7.87. The van der Waals surface area contributed by atoms with Crippen LogP contribution < -0.4 is 10.1 Å². The number of ether oxygens (including phenoxy) is 1. The molecule has 1 amide bonds. The summed E-state index contributed by atoms with van der Waals surface area (Å²) in [6.45, 7) is 1.08. The number of amides is 1. The molecule has 0 bridgehead atoms. The lowest BCUT2D eigenvalue weighted by Gasteiger charge is -2.08. The largest absolute Gasteiger partial charge is 0.485 e. The maximum absolute atomic E-state index is 12.4. The van der Waals surface area contributed by atoms with E-state index in [2.05, 4.69) is 35.5 Å². The molecule has 1 aliphatic rings. The first-order chi connectivity index (χ1) is 16.2. The minimum atomic E-state index is -0.243. The summed E-state index contributed by atoms with van der Waals surface area (Å²) in [4.78, 5) is 13.7. The zero-order valence-electron chi connectivity index (χ0n) is 18.1.